The number of rotatable bonds is 6. The second-order valence-electron chi connectivity index (χ2n) is 5.43. The predicted molar refractivity (Wildman–Crippen MR) is 106 cm³/mol. The molecule has 0 bridgehead atoms. The van der Waals surface area contributed by atoms with E-state index in [1.807, 2.05) is 25.1 Å². The minimum Gasteiger partial charge on any atom is -0.308 e. The Morgan fingerprint density at radius 3 is 2.19 bits per heavy atom. The van der Waals surface area contributed by atoms with Crippen LogP contribution in [-0.4, -0.2) is 24.6 Å². The normalized spacial score (nSPS) is 11.0. The molecule has 3 N–H and O–H groups in total. The van der Waals surface area contributed by atoms with Gasteiger partial charge in [-0.3, -0.25) is 4.72 Å². The van der Waals surface area contributed by atoms with E-state index >= 15 is 0 Å². The van der Waals surface area contributed by atoms with Crippen molar-refractivity contribution in [3.05, 3.63) is 59.6 Å². The van der Waals surface area contributed by atoms with Gasteiger partial charge < -0.3 is 10.6 Å². The highest BCUT2D eigenvalue weighted by atomic mass is 32.2. The third-order valence-corrected chi connectivity index (χ3v) is 5.91. The zero-order chi connectivity index (χ0) is 19.3. The summed E-state index contributed by atoms with van der Waals surface area (Å²) in [6.45, 7) is 1.92. The van der Waals surface area contributed by atoms with Crippen LogP contribution in [0.4, 0.5) is 21.3 Å². The molecule has 0 spiro atoms. The molecule has 8 nitrogen and oxygen atoms in total. The first-order valence-electron chi connectivity index (χ1n) is 8.04. The molecule has 27 heavy (non-hydrogen) atoms. The molecule has 10 heteroatoms. The molecule has 0 atom stereocenters. The molecule has 0 fully saturated rings. The summed E-state index contributed by atoms with van der Waals surface area (Å²) in [7, 11) is -3.77. The molecule has 2 aromatic carbocycles. The van der Waals surface area contributed by atoms with E-state index in [-0.39, 0.29) is 10.0 Å². The Morgan fingerprint density at radius 1 is 0.963 bits per heavy atom. The third-order valence-electron chi connectivity index (χ3n) is 3.45. The Labute approximate surface area is 160 Å². The minimum absolute atomic E-state index is 0.0600. The summed E-state index contributed by atoms with van der Waals surface area (Å²) in [5, 5.41) is 14.0. The number of carbonyl (C=O) groups is 1. The van der Waals surface area contributed by atoms with Crippen LogP contribution >= 0.6 is 11.3 Å². The van der Waals surface area contributed by atoms with Gasteiger partial charge in [-0.05, 0) is 42.8 Å². The number of sulfonamides is 1. The van der Waals surface area contributed by atoms with E-state index in [9.17, 15) is 13.2 Å². The Morgan fingerprint density at radius 2 is 1.59 bits per heavy atom. The lowest BCUT2D eigenvalue weighted by atomic mass is 10.3. The molecule has 0 unspecified atom stereocenters. The number of hydrogen-bond donors (Lipinski definition) is 3. The van der Waals surface area contributed by atoms with Crippen LogP contribution in [0.25, 0.3) is 0 Å². The standard InChI is InChI=1S/C17H17N5O3S2/c1-2-15-20-21-17(26-15)22-27(24,25)14-10-8-13(9-11-14)19-16(23)18-12-6-4-3-5-7-12/h3-11H,2H2,1H3,(H,21,22)(H2,18,19,23). The maximum Gasteiger partial charge on any atom is 0.323 e. The van der Waals surface area contributed by atoms with Crippen LogP contribution in [0.15, 0.2) is 59.5 Å². The highest BCUT2D eigenvalue weighted by Crippen LogP contribution is 2.21. The Kier molecular flexibility index (Phi) is 5.67. The molecule has 0 aliphatic rings. The van der Waals surface area contributed by atoms with Crippen molar-refractivity contribution in [3.63, 3.8) is 0 Å². The number of amides is 2. The molecule has 0 saturated carbocycles. The Balaban J connectivity index is 1.64. The third kappa shape index (κ3) is 5.02. The van der Waals surface area contributed by atoms with E-state index in [0.29, 0.717) is 17.8 Å². The van der Waals surface area contributed by atoms with Gasteiger partial charge in [0.25, 0.3) is 10.0 Å². The zero-order valence-corrected chi connectivity index (χ0v) is 16.0. The van der Waals surface area contributed by atoms with Crippen LogP contribution in [0.3, 0.4) is 0 Å². The number of carbonyl (C=O) groups excluding carboxylic acids is 1. The van der Waals surface area contributed by atoms with Gasteiger partial charge in [0.15, 0.2) is 0 Å². The van der Waals surface area contributed by atoms with Gasteiger partial charge in [0.2, 0.25) is 5.13 Å². The first kappa shape index (κ1) is 18.8. The molecular weight excluding hydrogens is 386 g/mol. The number of aryl methyl sites for hydroxylation is 1. The maximum absolute atomic E-state index is 12.4. The van der Waals surface area contributed by atoms with Crippen molar-refractivity contribution in [2.45, 2.75) is 18.2 Å². The summed E-state index contributed by atoms with van der Waals surface area (Å²) in [5.74, 6) is 0. The number of nitrogens with one attached hydrogen (secondary N) is 3. The first-order chi connectivity index (χ1) is 13.0. The quantitative estimate of drug-likeness (QED) is 0.582. The van der Waals surface area contributed by atoms with E-state index < -0.39 is 16.1 Å². The van der Waals surface area contributed by atoms with Crippen LogP contribution in [0.1, 0.15) is 11.9 Å². The van der Waals surface area contributed by atoms with E-state index in [4.69, 9.17) is 0 Å². The second kappa shape index (κ2) is 8.14. The summed E-state index contributed by atoms with van der Waals surface area (Å²) in [4.78, 5) is 12.0. The molecule has 0 aliphatic heterocycles. The highest BCUT2D eigenvalue weighted by molar-refractivity contribution is 7.93. The number of para-hydroxylation sites is 1. The van der Waals surface area contributed by atoms with Crippen LogP contribution in [0.2, 0.25) is 0 Å². The van der Waals surface area contributed by atoms with Gasteiger partial charge in [0.05, 0.1) is 4.90 Å². The molecular formula is C17H17N5O3S2. The average Bonchev–Trinajstić information content (AvgIpc) is 3.10. The summed E-state index contributed by atoms with van der Waals surface area (Å²) >= 11 is 1.19. The van der Waals surface area contributed by atoms with Gasteiger partial charge in [-0.25, -0.2) is 13.2 Å². The highest BCUT2D eigenvalue weighted by Gasteiger charge is 2.17. The lowest BCUT2D eigenvalue weighted by Crippen LogP contribution is -2.19. The number of nitrogens with zero attached hydrogens (tertiary/aromatic N) is 2. The molecule has 0 saturated heterocycles. The second-order valence-corrected chi connectivity index (χ2v) is 8.17. The van der Waals surface area contributed by atoms with Crippen molar-refractivity contribution in [1.29, 1.82) is 0 Å². The smallest absolute Gasteiger partial charge is 0.308 e. The molecule has 0 aliphatic carbocycles. The Hall–Kier alpha value is -2.98. The number of urea groups is 1. The molecule has 0 radical (unpaired) electrons. The van der Waals surface area contributed by atoms with Crippen LogP contribution in [-0.2, 0) is 16.4 Å². The largest absolute Gasteiger partial charge is 0.323 e. The van der Waals surface area contributed by atoms with Crippen molar-refractivity contribution in [2.24, 2.45) is 0 Å². The fraction of sp³-hybridized carbons (Fsp3) is 0.118. The van der Waals surface area contributed by atoms with Crippen LogP contribution < -0.4 is 15.4 Å². The van der Waals surface area contributed by atoms with E-state index in [0.717, 1.165) is 5.01 Å². The van der Waals surface area contributed by atoms with Gasteiger partial charge in [0, 0.05) is 11.4 Å². The lowest BCUT2D eigenvalue weighted by Gasteiger charge is -2.09. The lowest BCUT2D eigenvalue weighted by molar-refractivity contribution is 0.262. The van der Waals surface area contributed by atoms with Gasteiger partial charge >= 0.3 is 6.03 Å². The number of aromatic nitrogens is 2. The zero-order valence-electron chi connectivity index (χ0n) is 14.3. The van der Waals surface area contributed by atoms with E-state index in [1.165, 1.54) is 35.6 Å². The van der Waals surface area contributed by atoms with Crippen molar-refractivity contribution in [3.8, 4) is 0 Å². The van der Waals surface area contributed by atoms with Crippen molar-refractivity contribution >= 4 is 43.9 Å². The number of hydrogen-bond acceptors (Lipinski definition) is 6. The van der Waals surface area contributed by atoms with Crippen LogP contribution in [0.5, 0.6) is 0 Å². The summed E-state index contributed by atoms with van der Waals surface area (Å²) in [5.41, 5.74) is 1.12. The predicted octanol–water partition coefficient (Wildman–Crippen LogP) is 3.55. The summed E-state index contributed by atoms with van der Waals surface area (Å²) in [6, 6.07) is 14.4. The van der Waals surface area contributed by atoms with Gasteiger partial charge in [-0.1, -0.05) is 36.5 Å². The molecule has 3 aromatic rings. The van der Waals surface area contributed by atoms with Crippen LogP contribution in [0, 0.1) is 0 Å². The van der Waals surface area contributed by atoms with Crippen molar-refractivity contribution in [2.75, 3.05) is 15.4 Å². The molecule has 1 aromatic heterocycles. The average molecular weight is 403 g/mol. The van der Waals surface area contributed by atoms with E-state index in [1.54, 1.807) is 12.1 Å². The van der Waals surface area contributed by atoms with Gasteiger partial charge in [-0.15, -0.1) is 10.2 Å². The first-order valence-corrected chi connectivity index (χ1v) is 10.3. The molecule has 140 valence electrons. The van der Waals surface area contributed by atoms with Gasteiger partial charge in [0.1, 0.15) is 5.01 Å². The fourth-order valence-corrected chi connectivity index (χ4v) is 4.05. The molecule has 2 amide bonds. The summed E-state index contributed by atoms with van der Waals surface area (Å²) < 4.78 is 27.2. The Bertz CT molecular complexity index is 1020. The van der Waals surface area contributed by atoms with Crippen molar-refractivity contribution in [1.82, 2.24) is 10.2 Å². The minimum atomic E-state index is -3.77. The SMILES string of the molecule is CCc1nnc(NS(=O)(=O)c2ccc(NC(=O)Nc3ccccc3)cc2)s1. The monoisotopic (exact) mass is 403 g/mol. The van der Waals surface area contributed by atoms with Gasteiger partial charge in [-0.2, -0.15) is 0 Å². The molecule has 3 rings (SSSR count). The number of anilines is 3. The maximum atomic E-state index is 12.4. The van der Waals surface area contributed by atoms with E-state index in [2.05, 4.69) is 25.6 Å². The topological polar surface area (TPSA) is 113 Å². The fourth-order valence-electron chi connectivity index (χ4n) is 2.14. The summed E-state index contributed by atoms with van der Waals surface area (Å²) in [6.07, 6.45) is 0.685. The van der Waals surface area contributed by atoms with Crippen molar-refractivity contribution < 1.29 is 13.2 Å². The number of benzene rings is 2. The molecule has 1 heterocycles.